The van der Waals surface area contributed by atoms with Crippen molar-refractivity contribution in [1.82, 2.24) is 0 Å². The van der Waals surface area contributed by atoms with Gasteiger partial charge in [0.05, 0.1) is 28.4 Å². The summed E-state index contributed by atoms with van der Waals surface area (Å²) in [5, 5.41) is 2.02. The van der Waals surface area contributed by atoms with E-state index in [0.717, 1.165) is 49.2 Å². The highest BCUT2D eigenvalue weighted by atomic mass is 79.9. The van der Waals surface area contributed by atoms with Gasteiger partial charge in [0.1, 0.15) is 17.2 Å². The maximum absolute atomic E-state index is 7.45. The minimum absolute atomic E-state index is 0.292. The standard InChI is InChI=1S/C40H37BrO5/c1-22-23(2)36-31(19-32(22)41)35-29-20-33(44-7)34(45-8)21-30(29)38-28(37(35)39(36,3)4)17-18-40(46-38,24-9-13-26(42-5)14-10-24)25-11-15-27(43-6)16-12-25/h9-21H,1-8H3. The molecule has 0 fully saturated rings. The second kappa shape index (κ2) is 10.8. The first kappa shape index (κ1) is 30.2. The molecular formula is C40H37BrO5. The predicted octanol–water partition coefficient (Wildman–Crippen LogP) is 9.91. The zero-order valence-electron chi connectivity index (χ0n) is 27.4. The smallest absolute Gasteiger partial charge is 0.178 e. The van der Waals surface area contributed by atoms with Gasteiger partial charge in [-0.15, -0.1) is 0 Å². The van der Waals surface area contributed by atoms with Gasteiger partial charge >= 0.3 is 0 Å². The number of ether oxygens (including phenoxy) is 5. The molecule has 2 aliphatic rings. The van der Waals surface area contributed by atoms with E-state index in [2.05, 4.69) is 98.2 Å². The monoisotopic (exact) mass is 676 g/mol. The summed E-state index contributed by atoms with van der Waals surface area (Å²) in [5.74, 6) is 3.69. The van der Waals surface area contributed by atoms with Crippen LogP contribution in [0, 0.1) is 13.8 Å². The summed E-state index contributed by atoms with van der Waals surface area (Å²) < 4.78 is 31.3. The molecule has 5 nitrogen and oxygen atoms in total. The zero-order chi connectivity index (χ0) is 32.5. The van der Waals surface area contributed by atoms with Crippen molar-refractivity contribution in [3.8, 4) is 39.9 Å². The van der Waals surface area contributed by atoms with E-state index in [9.17, 15) is 0 Å². The van der Waals surface area contributed by atoms with Crippen LogP contribution in [0.4, 0.5) is 0 Å². The van der Waals surface area contributed by atoms with Crippen LogP contribution >= 0.6 is 15.9 Å². The van der Waals surface area contributed by atoms with E-state index in [4.69, 9.17) is 23.7 Å². The zero-order valence-corrected chi connectivity index (χ0v) is 29.0. The Bertz CT molecular complexity index is 2010. The normalized spacial score (nSPS) is 15.1. The summed E-state index contributed by atoms with van der Waals surface area (Å²) in [6.07, 6.45) is 4.45. The van der Waals surface area contributed by atoms with Crippen molar-refractivity contribution in [2.75, 3.05) is 28.4 Å². The van der Waals surface area contributed by atoms with Crippen LogP contribution in [0.25, 0.3) is 28.0 Å². The van der Waals surface area contributed by atoms with Crippen molar-refractivity contribution in [3.05, 3.63) is 116 Å². The van der Waals surface area contributed by atoms with Crippen LogP contribution in [-0.4, -0.2) is 28.4 Å². The average Bonchev–Trinajstić information content (AvgIpc) is 3.32. The molecule has 0 aromatic heterocycles. The molecule has 0 N–H and O–H groups in total. The number of methoxy groups -OCH3 is 4. The summed E-state index contributed by atoms with van der Waals surface area (Å²) in [6, 6.07) is 22.6. The number of rotatable bonds is 6. The molecule has 0 spiro atoms. The molecule has 0 saturated heterocycles. The fourth-order valence-electron chi connectivity index (χ4n) is 7.55. The van der Waals surface area contributed by atoms with Gasteiger partial charge in [0.15, 0.2) is 17.1 Å². The van der Waals surface area contributed by atoms with Crippen LogP contribution in [0.3, 0.4) is 0 Å². The van der Waals surface area contributed by atoms with Gasteiger partial charge in [0.25, 0.3) is 0 Å². The topological polar surface area (TPSA) is 46.2 Å². The fourth-order valence-corrected chi connectivity index (χ4v) is 8.08. The van der Waals surface area contributed by atoms with E-state index < -0.39 is 5.60 Å². The van der Waals surface area contributed by atoms with Gasteiger partial charge < -0.3 is 23.7 Å². The van der Waals surface area contributed by atoms with Crippen molar-refractivity contribution in [2.24, 2.45) is 0 Å². The van der Waals surface area contributed by atoms with Crippen LogP contribution in [0.5, 0.6) is 28.7 Å². The minimum atomic E-state index is -0.926. The van der Waals surface area contributed by atoms with E-state index in [1.807, 2.05) is 24.3 Å². The largest absolute Gasteiger partial charge is 0.497 e. The number of hydrogen-bond acceptors (Lipinski definition) is 5. The highest BCUT2D eigenvalue weighted by Gasteiger charge is 2.45. The van der Waals surface area contributed by atoms with Crippen LogP contribution in [-0.2, 0) is 11.0 Å². The summed E-state index contributed by atoms with van der Waals surface area (Å²) in [5.41, 5.74) is 9.36. The number of hydrogen-bond donors (Lipinski definition) is 0. The van der Waals surface area contributed by atoms with Crippen molar-refractivity contribution < 1.29 is 23.7 Å². The summed E-state index contributed by atoms with van der Waals surface area (Å²) in [7, 11) is 6.71. The molecular weight excluding hydrogens is 640 g/mol. The lowest BCUT2D eigenvalue weighted by atomic mass is 9.75. The Balaban J connectivity index is 1.59. The highest BCUT2D eigenvalue weighted by Crippen LogP contribution is 2.60. The van der Waals surface area contributed by atoms with Gasteiger partial charge in [-0.05, 0) is 101 Å². The SMILES string of the molecule is COc1ccc(C2(c3ccc(OC)cc3)C=Cc3c4c(c5cc(OC)c(OC)cc5c3O2)-c2cc(Br)c(C)c(C)c2C4(C)C)cc1. The molecule has 0 amide bonds. The molecule has 1 aliphatic carbocycles. The molecule has 5 aromatic carbocycles. The van der Waals surface area contributed by atoms with Gasteiger partial charge in [-0.2, -0.15) is 0 Å². The lowest BCUT2D eigenvalue weighted by molar-refractivity contribution is 0.163. The Hall–Kier alpha value is -4.42. The van der Waals surface area contributed by atoms with Crippen molar-refractivity contribution >= 4 is 32.8 Å². The molecule has 6 heteroatoms. The molecule has 0 bridgehead atoms. The molecule has 0 atom stereocenters. The Labute approximate surface area is 278 Å². The Morgan fingerprint density at radius 2 is 1.20 bits per heavy atom. The average molecular weight is 678 g/mol. The quantitative estimate of drug-likeness (QED) is 0.179. The summed E-state index contributed by atoms with van der Waals surface area (Å²) >= 11 is 3.86. The van der Waals surface area contributed by atoms with Crippen LogP contribution in [0.1, 0.15) is 52.8 Å². The third kappa shape index (κ3) is 4.19. The molecule has 1 aliphatic heterocycles. The first-order chi connectivity index (χ1) is 22.1. The minimum Gasteiger partial charge on any atom is -0.497 e. The predicted molar refractivity (Wildman–Crippen MR) is 188 cm³/mol. The summed E-state index contributed by atoms with van der Waals surface area (Å²) in [4.78, 5) is 0. The van der Waals surface area contributed by atoms with E-state index in [-0.39, 0.29) is 5.41 Å². The Kier molecular flexibility index (Phi) is 7.13. The maximum atomic E-state index is 7.45. The van der Waals surface area contributed by atoms with Crippen molar-refractivity contribution in [3.63, 3.8) is 0 Å². The Morgan fingerprint density at radius 1 is 0.652 bits per heavy atom. The molecule has 1 heterocycles. The van der Waals surface area contributed by atoms with Gasteiger partial charge in [-0.3, -0.25) is 0 Å². The second-order valence-corrected chi connectivity index (χ2v) is 13.4. The van der Waals surface area contributed by atoms with Crippen LogP contribution in [0.2, 0.25) is 0 Å². The van der Waals surface area contributed by atoms with Crippen molar-refractivity contribution in [1.29, 1.82) is 0 Å². The van der Waals surface area contributed by atoms with Gasteiger partial charge in [-0.25, -0.2) is 0 Å². The first-order valence-electron chi connectivity index (χ1n) is 15.3. The van der Waals surface area contributed by atoms with Gasteiger partial charge in [0.2, 0.25) is 0 Å². The molecule has 7 rings (SSSR count). The second-order valence-electron chi connectivity index (χ2n) is 12.5. The molecule has 5 aromatic rings. The third-order valence-corrected chi connectivity index (χ3v) is 10.8. The lowest BCUT2D eigenvalue weighted by Crippen LogP contribution is -2.35. The van der Waals surface area contributed by atoms with E-state index in [1.54, 1.807) is 28.4 Å². The van der Waals surface area contributed by atoms with Crippen molar-refractivity contribution in [2.45, 2.75) is 38.7 Å². The number of benzene rings is 5. The first-order valence-corrected chi connectivity index (χ1v) is 16.1. The molecule has 234 valence electrons. The highest BCUT2D eigenvalue weighted by molar-refractivity contribution is 9.10. The Morgan fingerprint density at radius 3 is 1.72 bits per heavy atom. The lowest BCUT2D eigenvalue weighted by Gasteiger charge is -2.38. The van der Waals surface area contributed by atoms with E-state index in [0.29, 0.717) is 11.5 Å². The molecule has 0 saturated carbocycles. The van der Waals surface area contributed by atoms with Gasteiger partial charge in [-0.1, -0.05) is 60.1 Å². The fraction of sp³-hybridized carbons (Fsp3) is 0.250. The summed E-state index contributed by atoms with van der Waals surface area (Å²) in [6.45, 7) is 9.07. The molecule has 0 radical (unpaired) electrons. The number of fused-ring (bicyclic) bond motifs is 8. The maximum Gasteiger partial charge on any atom is 0.178 e. The molecule has 46 heavy (non-hydrogen) atoms. The molecule has 0 unspecified atom stereocenters. The van der Waals surface area contributed by atoms with Gasteiger partial charge in [0, 0.05) is 32.0 Å². The van der Waals surface area contributed by atoms with E-state index >= 15 is 0 Å². The van der Waals surface area contributed by atoms with Crippen LogP contribution < -0.4 is 23.7 Å². The van der Waals surface area contributed by atoms with Crippen LogP contribution in [0.15, 0.2) is 77.3 Å². The number of halogens is 1. The van der Waals surface area contributed by atoms with E-state index in [1.165, 1.54) is 33.4 Å². The third-order valence-electron chi connectivity index (χ3n) is 9.94.